The monoisotopic (exact) mass is 369 g/mol. The average Bonchev–Trinajstić information content (AvgIpc) is 3.16. The summed E-state index contributed by atoms with van der Waals surface area (Å²) in [6, 6.07) is 12.9. The summed E-state index contributed by atoms with van der Waals surface area (Å²) < 4.78 is 16.5. The number of ketones is 1. The van der Waals surface area contributed by atoms with E-state index in [2.05, 4.69) is 4.98 Å². The van der Waals surface area contributed by atoms with Crippen molar-refractivity contribution in [2.45, 2.75) is 12.8 Å². The van der Waals surface area contributed by atoms with Gasteiger partial charge in [-0.1, -0.05) is 18.2 Å². The first-order valence-electron chi connectivity index (χ1n) is 8.07. The molecule has 134 valence electrons. The summed E-state index contributed by atoms with van der Waals surface area (Å²) in [4.78, 5) is 16.5. The zero-order valence-corrected chi connectivity index (χ0v) is 15.4. The molecule has 0 amide bonds. The first-order valence-corrected chi connectivity index (χ1v) is 8.95. The minimum absolute atomic E-state index is 0.100. The van der Waals surface area contributed by atoms with Gasteiger partial charge in [0.15, 0.2) is 11.5 Å². The topological polar surface area (TPSA) is 57.7 Å². The van der Waals surface area contributed by atoms with E-state index in [0.29, 0.717) is 35.8 Å². The zero-order valence-electron chi connectivity index (χ0n) is 14.6. The van der Waals surface area contributed by atoms with Crippen molar-refractivity contribution in [1.29, 1.82) is 0 Å². The van der Waals surface area contributed by atoms with Crippen LogP contribution in [0.15, 0.2) is 54.0 Å². The number of para-hydroxylation sites is 1. The Morgan fingerprint density at radius 3 is 2.54 bits per heavy atom. The first-order chi connectivity index (χ1) is 12.7. The Morgan fingerprint density at radius 1 is 1.00 bits per heavy atom. The van der Waals surface area contributed by atoms with Gasteiger partial charge in [0.05, 0.1) is 25.6 Å². The van der Waals surface area contributed by atoms with Gasteiger partial charge in [0.2, 0.25) is 0 Å². The van der Waals surface area contributed by atoms with Crippen LogP contribution < -0.4 is 14.2 Å². The van der Waals surface area contributed by atoms with Gasteiger partial charge in [0, 0.05) is 29.6 Å². The minimum Gasteiger partial charge on any atom is -0.493 e. The third kappa shape index (κ3) is 4.40. The van der Waals surface area contributed by atoms with Gasteiger partial charge in [-0.05, 0) is 18.2 Å². The molecule has 26 heavy (non-hydrogen) atoms. The van der Waals surface area contributed by atoms with Crippen molar-refractivity contribution in [2.24, 2.45) is 0 Å². The van der Waals surface area contributed by atoms with Crippen LogP contribution in [0.4, 0.5) is 0 Å². The van der Waals surface area contributed by atoms with Crippen LogP contribution in [-0.2, 0) is 17.6 Å². The highest BCUT2D eigenvalue weighted by Crippen LogP contribution is 2.34. The highest BCUT2D eigenvalue weighted by Gasteiger charge is 2.12. The molecule has 0 unspecified atom stereocenters. The van der Waals surface area contributed by atoms with Gasteiger partial charge in [-0.25, -0.2) is 4.98 Å². The van der Waals surface area contributed by atoms with Gasteiger partial charge >= 0.3 is 0 Å². The number of nitrogens with zero attached hydrogens (tertiary/aromatic N) is 1. The predicted octanol–water partition coefficient (Wildman–Crippen LogP) is 4.31. The van der Waals surface area contributed by atoms with Crippen LogP contribution in [0.5, 0.6) is 23.0 Å². The molecule has 0 fully saturated rings. The number of ether oxygens (including phenoxy) is 3. The lowest BCUT2D eigenvalue weighted by atomic mass is 10.1. The molecule has 0 aliphatic carbocycles. The van der Waals surface area contributed by atoms with Crippen LogP contribution in [0.3, 0.4) is 0 Å². The average molecular weight is 369 g/mol. The van der Waals surface area contributed by atoms with Crippen LogP contribution in [0, 0.1) is 0 Å². The van der Waals surface area contributed by atoms with Gasteiger partial charge in [-0.15, -0.1) is 11.3 Å². The van der Waals surface area contributed by atoms with Crippen molar-refractivity contribution < 1.29 is 19.0 Å². The van der Waals surface area contributed by atoms with Gasteiger partial charge < -0.3 is 14.2 Å². The Labute approximate surface area is 156 Å². The van der Waals surface area contributed by atoms with Crippen LogP contribution in [-0.4, -0.2) is 25.0 Å². The van der Waals surface area contributed by atoms with Crippen molar-refractivity contribution in [1.82, 2.24) is 4.98 Å². The van der Waals surface area contributed by atoms with Gasteiger partial charge in [-0.2, -0.15) is 0 Å². The highest BCUT2D eigenvalue weighted by molar-refractivity contribution is 7.09. The maximum atomic E-state index is 12.3. The standard InChI is InChI=1S/C20H19NO4S/c1-23-18-8-7-16(13-19(18)24-2)25-17-6-4-3-5-14(17)11-15(22)12-20-21-9-10-26-20/h3-10,13H,11-12H2,1-2H3. The lowest BCUT2D eigenvalue weighted by Gasteiger charge is -2.13. The first kappa shape index (κ1) is 17.9. The van der Waals surface area contributed by atoms with E-state index in [1.165, 1.54) is 11.3 Å². The molecule has 6 heteroatoms. The molecule has 0 saturated carbocycles. The summed E-state index contributed by atoms with van der Waals surface area (Å²) in [5.74, 6) is 2.58. The Balaban J connectivity index is 1.76. The van der Waals surface area contributed by atoms with Gasteiger partial charge in [-0.3, -0.25) is 4.79 Å². The molecule has 0 bridgehead atoms. The zero-order chi connectivity index (χ0) is 18.4. The second kappa shape index (κ2) is 8.49. The quantitative estimate of drug-likeness (QED) is 0.592. The number of Topliss-reactive ketones (excluding diaryl/α,β-unsaturated/α-hetero) is 1. The van der Waals surface area contributed by atoms with Crippen LogP contribution in [0.2, 0.25) is 0 Å². The van der Waals surface area contributed by atoms with E-state index in [1.54, 1.807) is 38.6 Å². The summed E-state index contributed by atoms with van der Waals surface area (Å²) >= 11 is 1.49. The fourth-order valence-electron chi connectivity index (χ4n) is 2.54. The molecular weight excluding hydrogens is 350 g/mol. The molecule has 5 nitrogen and oxygen atoms in total. The van der Waals surface area contributed by atoms with E-state index in [9.17, 15) is 4.79 Å². The van der Waals surface area contributed by atoms with E-state index >= 15 is 0 Å². The molecule has 1 heterocycles. The number of aromatic nitrogens is 1. The van der Waals surface area contributed by atoms with E-state index in [1.807, 2.05) is 29.6 Å². The van der Waals surface area contributed by atoms with Crippen LogP contribution in [0.1, 0.15) is 10.6 Å². The maximum absolute atomic E-state index is 12.3. The third-order valence-electron chi connectivity index (χ3n) is 3.77. The number of hydrogen-bond acceptors (Lipinski definition) is 6. The number of methoxy groups -OCH3 is 2. The fraction of sp³-hybridized carbons (Fsp3) is 0.200. The normalized spacial score (nSPS) is 10.4. The number of benzene rings is 2. The maximum Gasteiger partial charge on any atom is 0.164 e. The SMILES string of the molecule is COc1ccc(Oc2ccccc2CC(=O)Cc2nccs2)cc1OC. The second-order valence-corrected chi connectivity index (χ2v) is 6.52. The molecule has 0 spiro atoms. The van der Waals surface area contributed by atoms with E-state index in [-0.39, 0.29) is 5.78 Å². The number of rotatable bonds is 8. The summed E-state index contributed by atoms with van der Waals surface area (Å²) in [6.45, 7) is 0. The molecular formula is C20H19NO4S. The fourth-order valence-corrected chi connectivity index (χ4v) is 3.19. The molecule has 0 atom stereocenters. The Morgan fingerprint density at radius 2 is 1.81 bits per heavy atom. The number of thiazole rings is 1. The summed E-state index contributed by atoms with van der Waals surface area (Å²) in [5, 5.41) is 2.70. The smallest absolute Gasteiger partial charge is 0.164 e. The summed E-state index contributed by atoms with van der Waals surface area (Å²) in [7, 11) is 3.16. The number of carbonyl (C=O) groups excluding carboxylic acids is 1. The van der Waals surface area contributed by atoms with Crippen molar-refractivity contribution in [3.63, 3.8) is 0 Å². The molecule has 0 aliphatic heterocycles. The Hall–Kier alpha value is -2.86. The molecule has 2 aromatic carbocycles. The Bertz CT molecular complexity index is 877. The van der Waals surface area contributed by atoms with E-state index < -0.39 is 0 Å². The predicted molar refractivity (Wildman–Crippen MR) is 101 cm³/mol. The number of hydrogen-bond donors (Lipinski definition) is 0. The van der Waals surface area contributed by atoms with E-state index in [4.69, 9.17) is 14.2 Å². The van der Waals surface area contributed by atoms with Gasteiger partial charge in [0.1, 0.15) is 17.3 Å². The molecule has 0 N–H and O–H groups in total. The molecule has 3 aromatic rings. The summed E-state index contributed by atoms with van der Waals surface area (Å²) in [5.41, 5.74) is 0.837. The minimum atomic E-state index is 0.100. The van der Waals surface area contributed by atoms with E-state index in [0.717, 1.165) is 10.6 Å². The molecule has 0 aliphatic rings. The molecule has 0 radical (unpaired) electrons. The third-order valence-corrected chi connectivity index (χ3v) is 4.55. The largest absolute Gasteiger partial charge is 0.493 e. The molecule has 0 saturated heterocycles. The lowest BCUT2D eigenvalue weighted by Crippen LogP contribution is -2.07. The lowest BCUT2D eigenvalue weighted by molar-refractivity contribution is -0.117. The van der Waals surface area contributed by atoms with Crippen LogP contribution in [0.25, 0.3) is 0 Å². The second-order valence-electron chi connectivity index (χ2n) is 5.54. The molecule has 1 aromatic heterocycles. The Kier molecular flexibility index (Phi) is 5.86. The van der Waals surface area contributed by atoms with Crippen molar-refractivity contribution >= 4 is 17.1 Å². The van der Waals surface area contributed by atoms with Crippen LogP contribution >= 0.6 is 11.3 Å². The highest BCUT2D eigenvalue weighted by atomic mass is 32.1. The van der Waals surface area contributed by atoms with Crippen molar-refractivity contribution in [3.05, 3.63) is 64.6 Å². The van der Waals surface area contributed by atoms with Crippen molar-refractivity contribution in [2.75, 3.05) is 14.2 Å². The van der Waals surface area contributed by atoms with Gasteiger partial charge in [0.25, 0.3) is 0 Å². The number of carbonyl (C=O) groups is 1. The van der Waals surface area contributed by atoms with Crippen molar-refractivity contribution in [3.8, 4) is 23.0 Å². The summed E-state index contributed by atoms with van der Waals surface area (Å²) in [6.07, 6.45) is 2.34. The molecule has 3 rings (SSSR count).